The lowest BCUT2D eigenvalue weighted by atomic mass is 9.69. The molecule has 2 aliphatic carbocycles. The first-order valence-corrected chi connectivity index (χ1v) is 22.0. The van der Waals surface area contributed by atoms with Gasteiger partial charge in [0.1, 0.15) is 5.78 Å². The predicted molar refractivity (Wildman–Crippen MR) is 232 cm³/mol. The highest BCUT2D eigenvalue weighted by Crippen LogP contribution is 2.56. The van der Waals surface area contributed by atoms with E-state index in [4.69, 9.17) is 28.5 Å². The van der Waals surface area contributed by atoms with Crippen LogP contribution in [0.15, 0.2) is 128 Å². The number of carbonyl (C=O) groups excluding carboxylic acids is 1. The summed E-state index contributed by atoms with van der Waals surface area (Å²) in [7, 11) is -4.67. The second-order valence-corrected chi connectivity index (χ2v) is 13.9. The zero-order chi connectivity index (χ0) is 40.0. The van der Waals surface area contributed by atoms with Crippen LogP contribution in [-0.4, -0.2) is 40.0 Å². The fourth-order valence-electron chi connectivity index (χ4n) is 7.01. The molecule has 294 valence electrons. The van der Waals surface area contributed by atoms with Gasteiger partial charge in [0.15, 0.2) is 0 Å². The fourth-order valence-corrected chi connectivity index (χ4v) is 7.01. The van der Waals surface area contributed by atoms with Crippen molar-refractivity contribution in [2.75, 3.05) is 21.4 Å². The maximum atomic E-state index is 10.8. The lowest BCUT2D eigenvalue weighted by molar-refractivity contribution is -0.121. The van der Waals surface area contributed by atoms with Gasteiger partial charge in [0.2, 0.25) is 0 Å². The van der Waals surface area contributed by atoms with Gasteiger partial charge in [0.25, 0.3) is 0 Å². The van der Waals surface area contributed by atoms with Crippen molar-refractivity contribution in [3.63, 3.8) is 0 Å². The smallest absolute Gasteiger partial charge is 0.394 e. The van der Waals surface area contributed by atoms with Crippen molar-refractivity contribution < 1.29 is 27.4 Å². The number of aliphatic hydroxyl groups is 1. The third kappa shape index (κ3) is 14.9. The molecular weight excluding hydrogens is 813 g/mol. The van der Waals surface area contributed by atoms with E-state index >= 15 is 0 Å². The van der Waals surface area contributed by atoms with Crippen LogP contribution in [0.1, 0.15) is 83.6 Å². The number of nitrogens with zero attached hydrogens (tertiary/aromatic N) is 2. The Kier molecular flexibility index (Phi) is 21.3. The molecule has 0 saturated heterocycles. The highest BCUT2D eigenvalue weighted by molar-refractivity contribution is 14.1. The number of alkyl halides is 1. The second-order valence-electron chi connectivity index (χ2n) is 13.0. The Hall–Kier alpha value is -3.59. The number of hydrogen-bond acceptors (Lipinski definition) is 7. The third-order valence-electron chi connectivity index (χ3n) is 9.45. The first kappa shape index (κ1) is 46.6. The number of halogens is 1. The predicted octanol–water partition coefficient (Wildman–Crippen LogP) is 10.8. The molecule has 4 aromatic rings. The minimum Gasteiger partial charge on any atom is -0.397 e. The number of allylic oxidation sites excluding steroid dienone is 1. The standard InChI is InChI=1S/C20H21N.C12H12N2.C8H14O.C2H6O.CH3I.H2O4S/c1-16-20(14-8-3-9-15-20)18-12-6-7-13-19(18)21(16)17-10-4-2-5-11-17;13-14(11-7-3-1-4-8-11)12-9-5-2-6-10-12;1-7(9)8-5-3-2-4-6-8;1-2-3;1-2;1-5(2,3)4/h2,4-7,10-13H,1,3,8-9,14-15H2;1-10H,13H2;8H,2-6H2,1H3;3H,2H2,1H3;1H3;(H2,1,2,3,4). The van der Waals surface area contributed by atoms with Crippen LogP contribution < -0.4 is 15.8 Å². The Morgan fingerprint density at radius 3 is 1.59 bits per heavy atom. The number of ketones is 1. The summed E-state index contributed by atoms with van der Waals surface area (Å²) in [5, 5.41) is 9.24. The van der Waals surface area contributed by atoms with Crippen molar-refractivity contribution in [1.82, 2.24) is 0 Å². The van der Waals surface area contributed by atoms with E-state index in [0.717, 1.165) is 24.2 Å². The van der Waals surface area contributed by atoms with Gasteiger partial charge in [-0.3, -0.25) is 18.9 Å². The van der Waals surface area contributed by atoms with E-state index < -0.39 is 10.4 Å². The molecule has 1 spiro atoms. The average molecular weight is 872 g/mol. The molecule has 9 nitrogen and oxygen atoms in total. The molecule has 4 aromatic carbocycles. The molecule has 11 heteroatoms. The van der Waals surface area contributed by atoms with Gasteiger partial charge in [-0.1, -0.05) is 140 Å². The number of benzene rings is 4. The highest BCUT2D eigenvalue weighted by Gasteiger charge is 2.46. The molecule has 54 heavy (non-hydrogen) atoms. The Morgan fingerprint density at radius 1 is 0.778 bits per heavy atom. The molecule has 5 N–H and O–H groups in total. The van der Waals surface area contributed by atoms with Gasteiger partial charge in [0, 0.05) is 35.0 Å². The SMILES string of the molecule is C=C1N(c2ccccc2)c2ccccc2C12CCCCC2.CC(=O)C1CCCCC1.CCO.CI.NN(c1ccccc1)c1ccccc1.O=S(=O)(O)O. The lowest BCUT2D eigenvalue weighted by Gasteiger charge is -2.36. The van der Waals surface area contributed by atoms with Crippen LogP contribution in [0.4, 0.5) is 22.7 Å². The molecule has 1 heterocycles. The molecule has 7 rings (SSSR count). The van der Waals surface area contributed by atoms with Crippen LogP contribution in [0.3, 0.4) is 0 Å². The van der Waals surface area contributed by atoms with Crippen LogP contribution in [0.5, 0.6) is 0 Å². The van der Waals surface area contributed by atoms with E-state index in [-0.39, 0.29) is 12.0 Å². The number of fused-ring (bicyclic) bond motifs is 2. The number of rotatable bonds is 4. The summed E-state index contributed by atoms with van der Waals surface area (Å²) < 4.78 is 31.6. The third-order valence-corrected chi connectivity index (χ3v) is 9.45. The van der Waals surface area contributed by atoms with Gasteiger partial charge in [-0.15, -0.1) is 0 Å². The van der Waals surface area contributed by atoms with Crippen molar-refractivity contribution >= 4 is 61.5 Å². The van der Waals surface area contributed by atoms with Crippen molar-refractivity contribution in [2.24, 2.45) is 11.8 Å². The van der Waals surface area contributed by atoms with E-state index in [1.54, 1.807) is 18.9 Å². The quantitative estimate of drug-likeness (QED) is 0.0518. The van der Waals surface area contributed by atoms with Crippen LogP contribution in [0.2, 0.25) is 0 Å². The second kappa shape index (κ2) is 24.7. The molecule has 2 fully saturated rings. The summed E-state index contributed by atoms with van der Waals surface area (Å²) in [4.78, 5) is 15.1. The van der Waals surface area contributed by atoms with Crippen LogP contribution in [0.25, 0.3) is 0 Å². The largest absolute Gasteiger partial charge is 0.397 e. The van der Waals surface area contributed by atoms with Crippen molar-refractivity contribution in [3.05, 3.63) is 133 Å². The molecule has 0 atom stereocenters. The average Bonchev–Trinajstić information content (AvgIpc) is 3.43. The monoisotopic (exact) mass is 871 g/mol. The number of carbonyl (C=O) groups is 1. The van der Waals surface area contributed by atoms with E-state index in [0.29, 0.717) is 11.7 Å². The first-order valence-electron chi connectivity index (χ1n) is 18.4. The fraction of sp³-hybridized carbons (Fsp3) is 0.372. The molecule has 0 aromatic heterocycles. The molecule has 1 aliphatic heterocycles. The minimum atomic E-state index is -4.67. The van der Waals surface area contributed by atoms with Gasteiger partial charge < -0.3 is 10.0 Å². The number of hydrogen-bond donors (Lipinski definition) is 4. The van der Waals surface area contributed by atoms with E-state index in [1.165, 1.54) is 74.0 Å². The summed E-state index contributed by atoms with van der Waals surface area (Å²) >= 11 is 2.15. The van der Waals surface area contributed by atoms with E-state index in [1.807, 2.05) is 65.6 Å². The van der Waals surface area contributed by atoms with Gasteiger partial charge >= 0.3 is 10.4 Å². The number of anilines is 4. The van der Waals surface area contributed by atoms with Gasteiger partial charge in [-0.25, -0.2) is 5.84 Å². The zero-order valence-electron chi connectivity index (χ0n) is 31.9. The molecule has 0 unspecified atom stereocenters. The minimum absolute atomic E-state index is 0.171. The number of para-hydroxylation sites is 4. The molecule has 0 amide bonds. The lowest BCUT2D eigenvalue weighted by Crippen LogP contribution is -2.31. The summed E-state index contributed by atoms with van der Waals surface area (Å²) in [5.74, 6) is 6.76. The van der Waals surface area contributed by atoms with Crippen molar-refractivity contribution in [3.8, 4) is 0 Å². The zero-order valence-corrected chi connectivity index (χ0v) is 34.8. The highest BCUT2D eigenvalue weighted by atomic mass is 127. The van der Waals surface area contributed by atoms with Gasteiger partial charge in [0.05, 0.1) is 11.4 Å². The molecule has 0 bridgehead atoms. The van der Waals surface area contributed by atoms with E-state index in [2.05, 4.69) is 88.7 Å². The number of Topliss-reactive ketones (excluding diaryl/α,β-unsaturated/α-hetero) is 1. The van der Waals surface area contributed by atoms with Crippen molar-refractivity contribution in [2.45, 2.75) is 83.5 Å². The number of hydrazine groups is 1. The van der Waals surface area contributed by atoms with Crippen LogP contribution >= 0.6 is 22.6 Å². The summed E-state index contributed by atoms with van der Waals surface area (Å²) in [5.41, 5.74) is 7.46. The van der Waals surface area contributed by atoms with Crippen LogP contribution in [0, 0.1) is 5.92 Å². The number of aliphatic hydroxyl groups excluding tert-OH is 1. The normalized spacial score (nSPS) is 15.4. The first-order chi connectivity index (χ1) is 25.9. The molecule has 2 saturated carbocycles. The van der Waals surface area contributed by atoms with Crippen molar-refractivity contribution in [1.29, 1.82) is 0 Å². The maximum absolute atomic E-state index is 10.8. The Bertz CT molecular complexity index is 1700. The van der Waals surface area contributed by atoms with E-state index in [9.17, 15) is 4.79 Å². The maximum Gasteiger partial charge on any atom is 0.394 e. The molecular formula is C43H58IN3O6S. The van der Waals surface area contributed by atoms with Gasteiger partial charge in [-0.05, 0) is 92.5 Å². The summed E-state index contributed by atoms with van der Waals surface area (Å²) in [6, 6.07) is 39.3. The summed E-state index contributed by atoms with van der Waals surface area (Å²) in [6.07, 6.45) is 12.6. The molecule has 0 radical (unpaired) electrons. The Balaban J connectivity index is 0.000000264. The summed E-state index contributed by atoms with van der Waals surface area (Å²) in [6.45, 7) is 8.18. The Labute approximate surface area is 337 Å². The Morgan fingerprint density at radius 2 is 1.17 bits per heavy atom. The topological polar surface area (TPSA) is 144 Å². The van der Waals surface area contributed by atoms with Gasteiger partial charge in [-0.2, -0.15) is 8.42 Å². The van der Waals surface area contributed by atoms with Crippen LogP contribution in [-0.2, 0) is 20.6 Å². The molecule has 3 aliphatic rings. The number of nitrogens with two attached hydrogens (primary N) is 1.